The highest BCUT2D eigenvalue weighted by atomic mass is 35.5. The summed E-state index contributed by atoms with van der Waals surface area (Å²) in [5, 5.41) is 5.88. The van der Waals surface area contributed by atoms with Crippen LogP contribution in [0.4, 0.5) is 0 Å². The number of carbonyl (C=O) groups is 1. The molecule has 1 aliphatic heterocycles. The topological polar surface area (TPSA) is 41.9 Å². The molecule has 0 bridgehead atoms. The number of halogens is 3. The van der Waals surface area contributed by atoms with Gasteiger partial charge in [-0.1, -0.05) is 64.6 Å². The van der Waals surface area contributed by atoms with Crippen LogP contribution in [0.5, 0.6) is 0 Å². The van der Waals surface area contributed by atoms with Crippen LogP contribution in [0, 0.1) is 5.92 Å². The quantitative estimate of drug-likeness (QED) is 0.543. The fourth-order valence-electron chi connectivity index (χ4n) is 3.62. The van der Waals surface area contributed by atoms with Crippen molar-refractivity contribution in [3.05, 3.63) is 68.7 Å². The van der Waals surface area contributed by atoms with Gasteiger partial charge >= 0.3 is 0 Å². The normalized spacial score (nSPS) is 18.7. The molecule has 2 aliphatic rings. The van der Waals surface area contributed by atoms with Gasteiger partial charge in [0.2, 0.25) is 5.91 Å². The molecule has 0 saturated heterocycles. The zero-order valence-electron chi connectivity index (χ0n) is 15.8. The van der Waals surface area contributed by atoms with Gasteiger partial charge in [-0.2, -0.15) is 0 Å². The molecule has 1 aliphatic carbocycles. The summed E-state index contributed by atoms with van der Waals surface area (Å²) in [5.74, 6) is 0.300. The van der Waals surface area contributed by atoms with Gasteiger partial charge in [0, 0.05) is 29.5 Å². The summed E-state index contributed by atoms with van der Waals surface area (Å²) in [5.41, 5.74) is 2.70. The highest BCUT2D eigenvalue weighted by molar-refractivity contribution is 6.42. The molecule has 4 nitrogen and oxygen atoms in total. The molecule has 1 heterocycles. The summed E-state index contributed by atoms with van der Waals surface area (Å²) in [4.78, 5) is 20.5. The van der Waals surface area contributed by atoms with Crippen LogP contribution in [0.1, 0.15) is 36.8 Å². The molecule has 7 heteroatoms. The zero-order chi connectivity index (χ0) is 20.4. The van der Waals surface area contributed by atoms with Crippen LogP contribution in [0.2, 0.25) is 15.1 Å². The van der Waals surface area contributed by atoms with Crippen LogP contribution in [0.3, 0.4) is 0 Å². The lowest BCUT2D eigenvalue weighted by Crippen LogP contribution is -2.42. The Labute approximate surface area is 185 Å². The molecular formula is C22H21Cl3N2O2. The smallest absolute Gasteiger partial charge is 0.226 e. The summed E-state index contributed by atoms with van der Waals surface area (Å²) in [6.07, 6.45) is 3.46. The first-order valence-corrected chi connectivity index (χ1v) is 10.8. The minimum absolute atomic E-state index is 0.117. The van der Waals surface area contributed by atoms with Crippen molar-refractivity contribution in [2.24, 2.45) is 11.1 Å². The van der Waals surface area contributed by atoms with Crippen molar-refractivity contribution < 1.29 is 9.63 Å². The Balaban J connectivity index is 1.45. The Bertz CT molecular complexity index is 943. The third-order valence-electron chi connectivity index (χ3n) is 5.44. The van der Waals surface area contributed by atoms with E-state index in [9.17, 15) is 4.79 Å². The molecule has 0 aromatic heterocycles. The first-order valence-electron chi connectivity index (χ1n) is 9.71. The molecule has 1 saturated carbocycles. The van der Waals surface area contributed by atoms with E-state index in [1.54, 1.807) is 12.1 Å². The predicted molar refractivity (Wildman–Crippen MR) is 117 cm³/mol. The third kappa shape index (κ3) is 4.88. The number of hydrogen-bond acceptors (Lipinski definition) is 3. The van der Waals surface area contributed by atoms with Gasteiger partial charge in [0.1, 0.15) is 0 Å². The van der Waals surface area contributed by atoms with Crippen LogP contribution in [-0.2, 0) is 16.2 Å². The van der Waals surface area contributed by atoms with Crippen LogP contribution in [-0.4, -0.2) is 29.2 Å². The molecule has 0 spiro atoms. The highest BCUT2D eigenvalue weighted by Crippen LogP contribution is 2.30. The van der Waals surface area contributed by atoms with Gasteiger partial charge in [-0.3, -0.25) is 4.79 Å². The Kier molecular flexibility index (Phi) is 6.33. The maximum atomic E-state index is 13.0. The van der Waals surface area contributed by atoms with Gasteiger partial charge < -0.3 is 9.74 Å². The minimum Gasteiger partial charge on any atom is -0.390 e. The van der Waals surface area contributed by atoms with Crippen molar-refractivity contribution in [2.75, 3.05) is 6.54 Å². The zero-order valence-corrected chi connectivity index (χ0v) is 18.1. The first-order chi connectivity index (χ1) is 14.0. The van der Waals surface area contributed by atoms with Crippen LogP contribution in [0.25, 0.3) is 0 Å². The van der Waals surface area contributed by atoms with Crippen molar-refractivity contribution in [1.29, 1.82) is 0 Å². The van der Waals surface area contributed by atoms with Crippen molar-refractivity contribution in [3.8, 4) is 0 Å². The SMILES string of the molecule is O=C(C1CCC1)N(Cc1cccc(Cl)c1)CC1CC(c2ccc(Cl)c(Cl)c2)=NO1. The van der Waals surface area contributed by atoms with Crippen LogP contribution in [0.15, 0.2) is 47.6 Å². The van der Waals surface area contributed by atoms with E-state index in [4.69, 9.17) is 39.6 Å². The molecule has 4 rings (SSSR count). The number of oxime groups is 1. The second-order valence-corrected chi connectivity index (χ2v) is 8.83. The van der Waals surface area contributed by atoms with Crippen molar-refractivity contribution in [1.82, 2.24) is 4.90 Å². The molecule has 1 unspecified atom stereocenters. The fraction of sp³-hybridized carbons (Fsp3) is 0.364. The largest absolute Gasteiger partial charge is 0.390 e. The Hall–Kier alpha value is -1.75. The number of amides is 1. The third-order valence-corrected chi connectivity index (χ3v) is 6.41. The molecule has 29 heavy (non-hydrogen) atoms. The number of nitrogens with zero attached hydrogens (tertiary/aromatic N) is 2. The van der Waals surface area contributed by atoms with E-state index in [2.05, 4.69) is 5.16 Å². The molecule has 152 valence electrons. The lowest BCUT2D eigenvalue weighted by molar-refractivity contribution is -0.140. The fourth-order valence-corrected chi connectivity index (χ4v) is 4.13. The standard InChI is InChI=1S/C22H21Cl3N2O2/c23-17-6-1-3-14(9-17)12-27(22(28)15-4-2-5-15)13-18-11-21(26-29-18)16-7-8-19(24)20(25)10-16/h1,3,6-10,15,18H,2,4-5,11-13H2. The predicted octanol–water partition coefficient (Wildman–Crippen LogP) is 5.97. The van der Waals surface area contributed by atoms with Gasteiger partial charge in [-0.15, -0.1) is 0 Å². The molecule has 1 fully saturated rings. The number of rotatable bonds is 6. The number of benzene rings is 2. The molecular weight excluding hydrogens is 431 g/mol. The maximum absolute atomic E-state index is 13.0. The van der Waals surface area contributed by atoms with E-state index in [0.717, 1.165) is 36.1 Å². The molecule has 0 radical (unpaired) electrons. The average molecular weight is 452 g/mol. The van der Waals surface area contributed by atoms with Crippen molar-refractivity contribution >= 4 is 46.4 Å². The van der Waals surface area contributed by atoms with E-state index in [0.29, 0.717) is 34.6 Å². The van der Waals surface area contributed by atoms with Gasteiger partial charge in [0.25, 0.3) is 0 Å². The molecule has 2 aromatic rings. The van der Waals surface area contributed by atoms with Gasteiger partial charge in [-0.25, -0.2) is 0 Å². The lowest BCUT2D eigenvalue weighted by atomic mass is 9.84. The second-order valence-electron chi connectivity index (χ2n) is 7.57. The summed E-state index contributed by atoms with van der Waals surface area (Å²) >= 11 is 18.2. The Morgan fingerprint density at radius 3 is 2.62 bits per heavy atom. The van der Waals surface area contributed by atoms with Gasteiger partial charge in [0.05, 0.1) is 22.3 Å². The maximum Gasteiger partial charge on any atom is 0.226 e. The van der Waals surface area contributed by atoms with Gasteiger partial charge in [-0.05, 0) is 42.7 Å². The molecule has 0 N–H and O–H groups in total. The van der Waals surface area contributed by atoms with Crippen molar-refractivity contribution in [3.63, 3.8) is 0 Å². The average Bonchev–Trinajstić information content (AvgIpc) is 3.10. The molecule has 1 atom stereocenters. The molecule has 2 aromatic carbocycles. The van der Waals surface area contributed by atoms with E-state index < -0.39 is 0 Å². The first kappa shape index (κ1) is 20.5. The molecule has 1 amide bonds. The Morgan fingerprint density at radius 2 is 1.93 bits per heavy atom. The summed E-state index contributed by atoms with van der Waals surface area (Å²) in [7, 11) is 0. The van der Waals surface area contributed by atoms with E-state index in [-0.39, 0.29) is 17.9 Å². The van der Waals surface area contributed by atoms with Crippen LogP contribution >= 0.6 is 34.8 Å². The summed E-state index contributed by atoms with van der Waals surface area (Å²) in [6, 6.07) is 13.0. The number of hydrogen-bond donors (Lipinski definition) is 0. The number of carbonyl (C=O) groups excluding carboxylic acids is 1. The monoisotopic (exact) mass is 450 g/mol. The van der Waals surface area contributed by atoms with E-state index in [1.165, 1.54) is 0 Å². The lowest BCUT2D eigenvalue weighted by Gasteiger charge is -2.32. The summed E-state index contributed by atoms with van der Waals surface area (Å²) in [6.45, 7) is 0.994. The highest BCUT2D eigenvalue weighted by Gasteiger charge is 2.33. The summed E-state index contributed by atoms with van der Waals surface area (Å²) < 4.78 is 0. The van der Waals surface area contributed by atoms with Crippen LogP contribution < -0.4 is 0 Å². The van der Waals surface area contributed by atoms with Crippen molar-refractivity contribution in [2.45, 2.75) is 38.3 Å². The second kappa shape index (κ2) is 8.95. The van der Waals surface area contributed by atoms with E-state index >= 15 is 0 Å². The van der Waals surface area contributed by atoms with E-state index in [1.807, 2.05) is 35.2 Å². The van der Waals surface area contributed by atoms with Gasteiger partial charge in [0.15, 0.2) is 6.10 Å². The minimum atomic E-state index is -0.192. The Morgan fingerprint density at radius 1 is 1.10 bits per heavy atom.